The average Bonchev–Trinajstić information content (AvgIpc) is 2.47. The summed E-state index contributed by atoms with van der Waals surface area (Å²) in [6, 6.07) is 0. The molecule has 0 rings (SSSR count). The summed E-state index contributed by atoms with van der Waals surface area (Å²) in [5, 5.41) is -12.8. The Morgan fingerprint density at radius 1 is 0.581 bits per heavy atom. The lowest BCUT2D eigenvalue weighted by molar-refractivity contribution is -0.313. The summed E-state index contributed by atoms with van der Waals surface area (Å²) in [5.74, 6) is -20.9. The van der Waals surface area contributed by atoms with Crippen LogP contribution in [0.5, 0.6) is 0 Å². The SMILES string of the molecule is C=C(OC(=C)C(F)(C(F)(F)C(F)(F)F)S(=O)(=O)Cl)C(F)(C(F)(F)C(F)(F)F)S(=O)(=O)Cl. The van der Waals surface area contributed by atoms with Gasteiger partial charge in [-0.15, -0.1) is 0 Å². The highest BCUT2D eigenvalue weighted by atomic mass is 35.7. The van der Waals surface area contributed by atoms with E-state index in [0.29, 0.717) is 0 Å². The Morgan fingerprint density at radius 3 is 0.903 bits per heavy atom. The van der Waals surface area contributed by atoms with Gasteiger partial charge < -0.3 is 4.74 Å². The van der Waals surface area contributed by atoms with Crippen LogP contribution in [0.15, 0.2) is 24.7 Å². The van der Waals surface area contributed by atoms with Crippen molar-refractivity contribution >= 4 is 39.5 Å². The zero-order valence-corrected chi connectivity index (χ0v) is 16.7. The van der Waals surface area contributed by atoms with E-state index in [1.807, 2.05) is 13.2 Å². The number of alkyl halides is 12. The maximum atomic E-state index is 14.4. The zero-order chi connectivity index (χ0) is 25.9. The minimum Gasteiger partial charge on any atom is -0.458 e. The molecule has 0 radical (unpaired) electrons. The van der Waals surface area contributed by atoms with Crippen molar-refractivity contribution in [1.82, 2.24) is 0 Å². The molecular formula is C10H4Cl2F12O5S2. The summed E-state index contributed by atoms with van der Waals surface area (Å²) in [4.78, 5) is 0. The molecule has 0 aliphatic carbocycles. The molecule has 0 spiro atoms. The molecule has 2 unspecified atom stereocenters. The maximum Gasteiger partial charge on any atom is 0.458 e. The Morgan fingerprint density at radius 2 is 0.774 bits per heavy atom. The molecule has 31 heavy (non-hydrogen) atoms. The first-order chi connectivity index (χ1) is 13.0. The number of rotatable bonds is 8. The highest BCUT2D eigenvalue weighted by molar-refractivity contribution is 8.15. The van der Waals surface area contributed by atoms with Gasteiger partial charge in [-0.25, -0.2) is 25.6 Å². The van der Waals surface area contributed by atoms with Crippen molar-refractivity contribution in [1.29, 1.82) is 0 Å². The topological polar surface area (TPSA) is 77.5 Å². The second-order valence-corrected chi connectivity index (χ2v) is 10.5. The van der Waals surface area contributed by atoms with Gasteiger partial charge in [0.15, 0.2) is 11.5 Å². The molecule has 0 saturated heterocycles. The van der Waals surface area contributed by atoms with Gasteiger partial charge in [-0.1, -0.05) is 13.2 Å². The van der Waals surface area contributed by atoms with Gasteiger partial charge >= 0.3 is 34.2 Å². The fourth-order valence-corrected chi connectivity index (χ4v) is 4.14. The molecule has 0 aromatic rings. The average molecular weight is 567 g/mol. The first-order valence-corrected chi connectivity index (χ1v) is 10.9. The molecule has 184 valence electrons. The molecule has 0 heterocycles. The predicted molar refractivity (Wildman–Crippen MR) is 78.6 cm³/mol. The summed E-state index contributed by atoms with van der Waals surface area (Å²) in [6.45, 7) is 3.64. The third kappa shape index (κ3) is 4.41. The minimum absolute atomic E-state index is 1.82. The Hall–Kier alpha value is -1.08. The summed E-state index contributed by atoms with van der Waals surface area (Å²) < 4.78 is 204. The van der Waals surface area contributed by atoms with E-state index < -0.39 is 63.8 Å². The van der Waals surface area contributed by atoms with Crippen molar-refractivity contribution < 1.29 is 74.3 Å². The Balaban J connectivity index is 6.86. The highest BCUT2D eigenvalue weighted by Gasteiger charge is 2.81. The Bertz CT molecular complexity index is 893. The van der Waals surface area contributed by atoms with Crippen molar-refractivity contribution in [2.75, 3.05) is 0 Å². The van der Waals surface area contributed by atoms with E-state index in [4.69, 9.17) is 0 Å². The molecule has 0 fully saturated rings. The van der Waals surface area contributed by atoms with Crippen LogP contribution in [0.2, 0.25) is 0 Å². The van der Waals surface area contributed by atoms with Crippen molar-refractivity contribution in [3.05, 3.63) is 24.7 Å². The molecule has 0 aliphatic heterocycles. The van der Waals surface area contributed by atoms with Crippen molar-refractivity contribution in [3.63, 3.8) is 0 Å². The van der Waals surface area contributed by atoms with Crippen LogP contribution in [0, 0.1) is 0 Å². The van der Waals surface area contributed by atoms with Crippen LogP contribution in [-0.4, -0.2) is 51.0 Å². The largest absolute Gasteiger partial charge is 0.458 e. The molecule has 0 aromatic heterocycles. The minimum atomic E-state index is -7.17. The van der Waals surface area contributed by atoms with Gasteiger partial charge in [0.05, 0.1) is 0 Å². The molecule has 2 atom stereocenters. The standard InChI is InChI=1S/C10H4Cl2F12O5S2/c1-3(5(13,30(11,25)26)7(15,16)9(19,20)21)29-4(2)6(14,31(12,27)28)8(17,18)10(22,23)24/h1-2H2. The highest BCUT2D eigenvalue weighted by Crippen LogP contribution is 2.56. The number of hydrogen-bond donors (Lipinski definition) is 0. The summed E-state index contributed by atoms with van der Waals surface area (Å²) in [5.41, 5.74) is 0. The lowest BCUT2D eigenvalue weighted by atomic mass is 10.1. The van der Waals surface area contributed by atoms with Crippen LogP contribution >= 0.6 is 21.4 Å². The van der Waals surface area contributed by atoms with Crippen molar-refractivity contribution in [3.8, 4) is 0 Å². The van der Waals surface area contributed by atoms with E-state index in [0.717, 1.165) is 0 Å². The molecule has 0 aromatic carbocycles. The molecule has 0 aliphatic rings. The normalized spacial score (nSPS) is 18.6. The lowest BCUT2D eigenvalue weighted by Crippen LogP contribution is -2.60. The van der Waals surface area contributed by atoms with Crippen LogP contribution in [0.3, 0.4) is 0 Å². The lowest BCUT2D eigenvalue weighted by Gasteiger charge is -2.36. The second-order valence-electron chi connectivity index (χ2n) is 5.16. The second kappa shape index (κ2) is 7.75. The molecule has 0 N–H and O–H groups in total. The van der Waals surface area contributed by atoms with Gasteiger partial charge in [0, 0.05) is 21.4 Å². The van der Waals surface area contributed by atoms with E-state index in [-0.39, 0.29) is 0 Å². The van der Waals surface area contributed by atoms with Crippen LogP contribution in [0.4, 0.5) is 52.7 Å². The van der Waals surface area contributed by atoms with Gasteiger partial charge in [0.1, 0.15) is 0 Å². The van der Waals surface area contributed by atoms with Crippen molar-refractivity contribution in [2.45, 2.75) is 34.2 Å². The maximum absolute atomic E-state index is 14.4. The van der Waals surface area contributed by atoms with Gasteiger partial charge in [-0.05, 0) is 0 Å². The van der Waals surface area contributed by atoms with E-state index in [1.165, 1.54) is 0 Å². The van der Waals surface area contributed by atoms with Crippen LogP contribution < -0.4 is 0 Å². The molecule has 0 saturated carbocycles. The number of halogens is 14. The summed E-state index contributed by atoms with van der Waals surface area (Å²) in [6.07, 6.45) is -14.3. The smallest absolute Gasteiger partial charge is 0.458 e. The summed E-state index contributed by atoms with van der Waals surface area (Å²) in [7, 11) is -5.57. The Labute approximate surface area is 173 Å². The molecule has 0 bridgehead atoms. The quantitative estimate of drug-likeness (QED) is 0.237. The molecule has 0 amide bonds. The van der Waals surface area contributed by atoms with Crippen LogP contribution in [-0.2, 0) is 22.8 Å². The van der Waals surface area contributed by atoms with Gasteiger partial charge in [-0.2, -0.15) is 43.9 Å². The fraction of sp³-hybridized carbons (Fsp3) is 0.600. The van der Waals surface area contributed by atoms with E-state index >= 15 is 0 Å². The number of hydrogen-bond acceptors (Lipinski definition) is 5. The van der Waals surface area contributed by atoms with Crippen molar-refractivity contribution in [2.24, 2.45) is 0 Å². The molecule has 5 nitrogen and oxygen atoms in total. The van der Waals surface area contributed by atoms with Gasteiger partial charge in [0.2, 0.25) is 0 Å². The molecule has 21 heteroatoms. The number of ether oxygens (including phenoxy) is 1. The van der Waals surface area contributed by atoms with E-state index in [9.17, 15) is 69.5 Å². The predicted octanol–water partition coefficient (Wildman–Crippen LogP) is 4.89. The third-order valence-corrected chi connectivity index (χ3v) is 6.74. The van der Waals surface area contributed by atoms with Crippen LogP contribution in [0.25, 0.3) is 0 Å². The fourth-order valence-electron chi connectivity index (χ4n) is 1.57. The summed E-state index contributed by atoms with van der Waals surface area (Å²) >= 11 is 0. The molecular weight excluding hydrogens is 563 g/mol. The first kappa shape index (κ1) is 29.9. The zero-order valence-electron chi connectivity index (χ0n) is 13.6. The van der Waals surface area contributed by atoms with E-state index in [1.54, 1.807) is 0 Å². The van der Waals surface area contributed by atoms with E-state index in [2.05, 4.69) is 26.1 Å². The monoisotopic (exact) mass is 566 g/mol. The van der Waals surface area contributed by atoms with Crippen LogP contribution in [0.1, 0.15) is 0 Å². The van der Waals surface area contributed by atoms with Gasteiger partial charge in [0.25, 0.3) is 18.1 Å². The Kier molecular flexibility index (Phi) is 7.48. The van der Waals surface area contributed by atoms with Gasteiger partial charge in [-0.3, -0.25) is 0 Å². The first-order valence-electron chi connectivity index (χ1n) is 6.27. The third-order valence-electron chi connectivity index (χ3n) is 3.16.